The molecule has 0 fully saturated rings. The van der Waals surface area contributed by atoms with Crippen molar-refractivity contribution in [2.75, 3.05) is 12.3 Å². The third kappa shape index (κ3) is 1.96. The van der Waals surface area contributed by atoms with Crippen molar-refractivity contribution >= 4 is 11.6 Å². The summed E-state index contributed by atoms with van der Waals surface area (Å²) in [7, 11) is 0. The Bertz CT molecular complexity index is 325. The van der Waals surface area contributed by atoms with E-state index in [2.05, 4.69) is 11.6 Å². The molecule has 0 spiro atoms. The Morgan fingerprint density at radius 3 is 3.08 bits per heavy atom. The van der Waals surface area contributed by atoms with Gasteiger partial charge in [-0.15, -0.1) is 0 Å². The van der Waals surface area contributed by atoms with E-state index >= 15 is 0 Å². The molecule has 0 saturated heterocycles. The first-order valence-electron chi connectivity index (χ1n) is 3.88. The second kappa shape index (κ2) is 3.89. The van der Waals surface area contributed by atoms with Crippen LogP contribution in [0.15, 0.2) is 18.8 Å². The fraction of sp³-hybridized carbons (Fsp3) is 0.222. The maximum absolute atomic E-state index is 13.2. The van der Waals surface area contributed by atoms with Gasteiger partial charge in [0.05, 0.1) is 12.2 Å². The zero-order valence-electron chi connectivity index (χ0n) is 7.38. The Balaban J connectivity index is 3.01. The average Bonchev–Trinajstić information content (AvgIpc) is 2.10. The molecule has 2 N–H and O–H groups in total. The van der Waals surface area contributed by atoms with Gasteiger partial charge in [-0.3, -0.25) is 0 Å². The number of aromatic nitrogens is 1. The second-order valence-corrected chi connectivity index (χ2v) is 2.41. The van der Waals surface area contributed by atoms with Crippen LogP contribution in [0.1, 0.15) is 12.5 Å². The van der Waals surface area contributed by atoms with E-state index < -0.39 is 5.82 Å². The van der Waals surface area contributed by atoms with E-state index in [0.29, 0.717) is 6.61 Å². The molecule has 0 atom stereocenters. The van der Waals surface area contributed by atoms with Crippen molar-refractivity contribution < 1.29 is 9.13 Å². The molecule has 0 amide bonds. The SMILES string of the molecule is C=C(OCC)c1ccnc(N)c1F. The molecule has 0 bridgehead atoms. The average molecular weight is 182 g/mol. The number of nitrogens with zero attached hydrogens (tertiary/aromatic N) is 1. The van der Waals surface area contributed by atoms with Gasteiger partial charge in [0, 0.05) is 6.20 Å². The van der Waals surface area contributed by atoms with Crippen molar-refractivity contribution in [3.8, 4) is 0 Å². The third-order valence-electron chi connectivity index (χ3n) is 1.54. The summed E-state index contributed by atoms with van der Waals surface area (Å²) in [6, 6.07) is 1.48. The number of nitrogens with two attached hydrogens (primary N) is 1. The van der Waals surface area contributed by atoms with Gasteiger partial charge in [-0.1, -0.05) is 6.58 Å². The quantitative estimate of drug-likeness (QED) is 0.725. The van der Waals surface area contributed by atoms with E-state index in [9.17, 15) is 4.39 Å². The van der Waals surface area contributed by atoms with E-state index in [1.54, 1.807) is 6.92 Å². The molecule has 1 rings (SSSR count). The van der Waals surface area contributed by atoms with Gasteiger partial charge in [-0.2, -0.15) is 0 Å². The Hall–Kier alpha value is -1.58. The zero-order chi connectivity index (χ0) is 9.84. The van der Waals surface area contributed by atoms with Gasteiger partial charge in [0.2, 0.25) is 0 Å². The predicted molar refractivity (Wildman–Crippen MR) is 49.3 cm³/mol. The van der Waals surface area contributed by atoms with Crippen molar-refractivity contribution in [2.45, 2.75) is 6.92 Å². The lowest BCUT2D eigenvalue weighted by Gasteiger charge is -2.08. The fourth-order valence-electron chi connectivity index (χ4n) is 0.927. The van der Waals surface area contributed by atoms with Crippen LogP contribution in [0.2, 0.25) is 0 Å². The Morgan fingerprint density at radius 1 is 1.77 bits per heavy atom. The van der Waals surface area contributed by atoms with Crippen LogP contribution in [0, 0.1) is 5.82 Å². The predicted octanol–water partition coefficient (Wildman–Crippen LogP) is 1.81. The van der Waals surface area contributed by atoms with Gasteiger partial charge in [-0.25, -0.2) is 9.37 Å². The summed E-state index contributed by atoms with van der Waals surface area (Å²) in [6.45, 7) is 5.82. The molecule has 1 heterocycles. The standard InChI is InChI=1S/C9H11FN2O/c1-3-13-6(2)7-4-5-12-9(11)8(7)10/h4-5H,2-3H2,1H3,(H2,11,12). The minimum absolute atomic E-state index is 0.140. The number of anilines is 1. The van der Waals surface area contributed by atoms with E-state index in [4.69, 9.17) is 10.5 Å². The molecular weight excluding hydrogens is 171 g/mol. The first kappa shape index (κ1) is 9.51. The van der Waals surface area contributed by atoms with Gasteiger partial charge in [-0.05, 0) is 13.0 Å². The highest BCUT2D eigenvalue weighted by Crippen LogP contribution is 2.19. The van der Waals surface area contributed by atoms with Crippen LogP contribution in [0.3, 0.4) is 0 Å². The van der Waals surface area contributed by atoms with Crippen LogP contribution in [-0.4, -0.2) is 11.6 Å². The highest BCUT2D eigenvalue weighted by molar-refractivity contribution is 5.60. The maximum Gasteiger partial charge on any atom is 0.176 e. The summed E-state index contributed by atoms with van der Waals surface area (Å²) < 4.78 is 18.3. The number of hydrogen-bond donors (Lipinski definition) is 1. The zero-order valence-corrected chi connectivity index (χ0v) is 7.38. The van der Waals surface area contributed by atoms with Crippen LogP contribution >= 0.6 is 0 Å². The summed E-state index contributed by atoms with van der Waals surface area (Å²) in [4.78, 5) is 3.59. The third-order valence-corrected chi connectivity index (χ3v) is 1.54. The van der Waals surface area contributed by atoms with Crippen LogP contribution in [-0.2, 0) is 4.74 Å². The molecule has 0 radical (unpaired) electrons. The van der Waals surface area contributed by atoms with Crippen molar-refractivity contribution in [3.63, 3.8) is 0 Å². The molecule has 1 aromatic rings. The van der Waals surface area contributed by atoms with E-state index in [1.807, 2.05) is 0 Å². The topological polar surface area (TPSA) is 48.1 Å². The molecule has 0 unspecified atom stereocenters. The number of pyridine rings is 1. The minimum Gasteiger partial charge on any atom is -0.494 e. The van der Waals surface area contributed by atoms with Gasteiger partial charge < -0.3 is 10.5 Å². The fourth-order valence-corrected chi connectivity index (χ4v) is 0.927. The first-order valence-corrected chi connectivity index (χ1v) is 3.88. The van der Waals surface area contributed by atoms with E-state index in [1.165, 1.54) is 12.3 Å². The summed E-state index contributed by atoms with van der Waals surface area (Å²) >= 11 is 0. The number of nitrogen functional groups attached to an aromatic ring is 1. The molecule has 3 nitrogen and oxygen atoms in total. The molecule has 0 aliphatic carbocycles. The highest BCUT2D eigenvalue weighted by Gasteiger charge is 2.09. The van der Waals surface area contributed by atoms with Gasteiger partial charge >= 0.3 is 0 Å². The molecule has 0 aliphatic rings. The summed E-state index contributed by atoms with van der Waals surface area (Å²) in [5.41, 5.74) is 5.53. The largest absolute Gasteiger partial charge is 0.494 e. The van der Waals surface area contributed by atoms with Gasteiger partial charge in [0.25, 0.3) is 0 Å². The molecule has 1 aromatic heterocycles. The monoisotopic (exact) mass is 182 g/mol. The van der Waals surface area contributed by atoms with E-state index in [-0.39, 0.29) is 17.1 Å². The number of ether oxygens (including phenoxy) is 1. The lowest BCUT2D eigenvalue weighted by atomic mass is 10.2. The molecule has 4 heteroatoms. The maximum atomic E-state index is 13.2. The molecule has 0 aliphatic heterocycles. The van der Waals surface area contributed by atoms with Crippen LogP contribution in [0.25, 0.3) is 5.76 Å². The Morgan fingerprint density at radius 2 is 2.46 bits per heavy atom. The molecule has 70 valence electrons. The summed E-state index contributed by atoms with van der Waals surface area (Å²) in [5, 5.41) is 0. The van der Waals surface area contributed by atoms with Gasteiger partial charge in [0.1, 0.15) is 5.76 Å². The lowest BCUT2D eigenvalue weighted by Crippen LogP contribution is -2.00. The van der Waals surface area contributed by atoms with E-state index in [0.717, 1.165) is 0 Å². The van der Waals surface area contributed by atoms with Crippen molar-refractivity contribution in [3.05, 3.63) is 30.2 Å². The lowest BCUT2D eigenvalue weighted by molar-refractivity contribution is 0.297. The van der Waals surface area contributed by atoms with Gasteiger partial charge in [0.15, 0.2) is 11.6 Å². The minimum atomic E-state index is -0.582. The molecular formula is C9H11FN2O. The van der Waals surface area contributed by atoms with Crippen LogP contribution in [0.4, 0.5) is 10.2 Å². The van der Waals surface area contributed by atoms with Crippen LogP contribution < -0.4 is 5.73 Å². The normalized spacial score (nSPS) is 9.69. The number of halogens is 1. The first-order chi connectivity index (χ1) is 6.16. The Labute approximate surface area is 76.0 Å². The molecule has 0 aromatic carbocycles. The molecule has 0 saturated carbocycles. The highest BCUT2D eigenvalue weighted by atomic mass is 19.1. The number of hydrogen-bond acceptors (Lipinski definition) is 3. The molecule has 13 heavy (non-hydrogen) atoms. The van der Waals surface area contributed by atoms with Crippen molar-refractivity contribution in [2.24, 2.45) is 0 Å². The smallest absolute Gasteiger partial charge is 0.176 e. The van der Waals surface area contributed by atoms with Crippen molar-refractivity contribution in [1.82, 2.24) is 4.98 Å². The summed E-state index contributed by atoms with van der Waals surface area (Å²) in [6.07, 6.45) is 1.41. The van der Waals surface area contributed by atoms with Crippen molar-refractivity contribution in [1.29, 1.82) is 0 Å². The van der Waals surface area contributed by atoms with Crippen LogP contribution in [0.5, 0.6) is 0 Å². The Kier molecular flexibility index (Phi) is 2.84. The number of rotatable bonds is 3. The summed E-state index contributed by atoms with van der Waals surface area (Å²) in [5.74, 6) is -0.451. The second-order valence-electron chi connectivity index (χ2n) is 2.41.